The number of piperidine rings is 1. The molecule has 1 aliphatic rings. The first-order valence-electron chi connectivity index (χ1n) is 6.55. The van der Waals surface area contributed by atoms with E-state index in [-0.39, 0.29) is 0 Å². The van der Waals surface area contributed by atoms with Crippen LogP contribution in [0.1, 0.15) is 31.1 Å². The predicted octanol–water partition coefficient (Wildman–Crippen LogP) is 4.13. The molecular formula is C13H20BrClN2S. The number of hydrogen-bond acceptors (Lipinski definition) is 3. The highest BCUT2D eigenvalue weighted by Crippen LogP contribution is 2.31. The minimum absolute atomic E-state index is 0.629. The van der Waals surface area contributed by atoms with E-state index in [0.717, 1.165) is 21.9 Å². The van der Waals surface area contributed by atoms with Gasteiger partial charge in [-0.25, -0.2) is 0 Å². The van der Waals surface area contributed by atoms with Crippen molar-refractivity contribution < 1.29 is 0 Å². The standard InChI is InChI=1S/C13H20BrClN2S/c1-10(17-5-3-2-4-6-17)8-16-9-11-7-12(14)13(15)18-11/h7,10,16H,2-6,8-9H2,1H3. The van der Waals surface area contributed by atoms with Gasteiger partial charge in [0.25, 0.3) is 0 Å². The van der Waals surface area contributed by atoms with E-state index in [2.05, 4.69) is 39.1 Å². The van der Waals surface area contributed by atoms with Crippen molar-refractivity contribution in [3.8, 4) is 0 Å². The molecule has 2 nitrogen and oxygen atoms in total. The number of nitrogens with zero attached hydrogens (tertiary/aromatic N) is 1. The van der Waals surface area contributed by atoms with Gasteiger partial charge in [-0.05, 0) is 54.9 Å². The molecule has 1 unspecified atom stereocenters. The smallest absolute Gasteiger partial charge is 0.107 e. The van der Waals surface area contributed by atoms with Crippen LogP contribution in [0.25, 0.3) is 0 Å². The minimum Gasteiger partial charge on any atom is -0.310 e. The van der Waals surface area contributed by atoms with Crippen molar-refractivity contribution in [2.24, 2.45) is 0 Å². The summed E-state index contributed by atoms with van der Waals surface area (Å²) in [7, 11) is 0. The topological polar surface area (TPSA) is 15.3 Å². The van der Waals surface area contributed by atoms with Crippen LogP contribution in [0.3, 0.4) is 0 Å². The maximum atomic E-state index is 6.03. The van der Waals surface area contributed by atoms with Crippen molar-refractivity contribution in [3.63, 3.8) is 0 Å². The fourth-order valence-corrected chi connectivity index (χ4v) is 4.13. The van der Waals surface area contributed by atoms with Crippen molar-refractivity contribution in [1.29, 1.82) is 0 Å². The molecule has 1 aromatic heterocycles. The summed E-state index contributed by atoms with van der Waals surface area (Å²) in [6, 6.07) is 2.73. The molecule has 102 valence electrons. The second-order valence-electron chi connectivity index (χ2n) is 4.91. The molecule has 2 rings (SSSR count). The Labute approximate surface area is 127 Å². The van der Waals surface area contributed by atoms with E-state index in [1.165, 1.54) is 37.2 Å². The summed E-state index contributed by atoms with van der Waals surface area (Å²) in [4.78, 5) is 3.88. The number of rotatable bonds is 5. The van der Waals surface area contributed by atoms with E-state index >= 15 is 0 Å². The zero-order valence-electron chi connectivity index (χ0n) is 10.7. The van der Waals surface area contributed by atoms with Gasteiger partial charge in [0, 0.05) is 28.5 Å². The molecule has 1 saturated heterocycles. The molecule has 1 aromatic rings. The summed E-state index contributed by atoms with van der Waals surface area (Å²) in [5.74, 6) is 0. The van der Waals surface area contributed by atoms with E-state index in [1.54, 1.807) is 11.3 Å². The second-order valence-corrected chi connectivity index (χ2v) is 7.50. The monoisotopic (exact) mass is 350 g/mol. The largest absolute Gasteiger partial charge is 0.310 e. The van der Waals surface area contributed by atoms with Gasteiger partial charge in [-0.3, -0.25) is 4.90 Å². The summed E-state index contributed by atoms with van der Waals surface area (Å²) in [5.41, 5.74) is 0. The maximum Gasteiger partial charge on any atom is 0.107 e. The molecule has 1 fully saturated rings. The Balaban J connectivity index is 1.71. The van der Waals surface area contributed by atoms with Crippen LogP contribution in [-0.4, -0.2) is 30.6 Å². The first-order chi connectivity index (χ1) is 8.66. The molecule has 1 aliphatic heterocycles. The Bertz CT molecular complexity index is 358. The van der Waals surface area contributed by atoms with Crippen LogP contribution in [0.4, 0.5) is 0 Å². The van der Waals surface area contributed by atoms with Crippen molar-refractivity contribution in [2.45, 2.75) is 38.8 Å². The Morgan fingerprint density at radius 2 is 2.17 bits per heavy atom. The zero-order valence-corrected chi connectivity index (χ0v) is 13.9. The van der Waals surface area contributed by atoms with Crippen LogP contribution >= 0.6 is 38.9 Å². The molecule has 0 amide bonds. The summed E-state index contributed by atoms with van der Waals surface area (Å²) in [6.07, 6.45) is 4.12. The van der Waals surface area contributed by atoms with Crippen LogP contribution in [0.5, 0.6) is 0 Å². The first-order valence-corrected chi connectivity index (χ1v) is 8.54. The van der Waals surface area contributed by atoms with Gasteiger partial charge >= 0.3 is 0 Å². The highest BCUT2D eigenvalue weighted by Gasteiger charge is 2.16. The van der Waals surface area contributed by atoms with Gasteiger partial charge < -0.3 is 5.32 Å². The van der Waals surface area contributed by atoms with Crippen molar-refractivity contribution >= 4 is 38.9 Å². The Hall–Kier alpha value is 0.390. The van der Waals surface area contributed by atoms with Gasteiger partial charge in [-0.2, -0.15) is 0 Å². The molecule has 2 heterocycles. The molecule has 0 bridgehead atoms. The van der Waals surface area contributed by atoms with Gasteiger partial charge in [0.1, 0.15) is 4.34 Å². The predicted molar refractivity (Wildman–Crippen MR) is 83.6 cm³/mol. The SMILES string of the molecule is CC(CNCc1cc(Br)c(Cl)s1)N1CCCCC1. The fourth-order valence-electron chi connectivity index (χ4n) is 2.37. The quantitative estimate of drug-likeness (QED) is 0.858. The third-order valence-electron chi connectivity index (χ3n) is 3.45. The minimum atomic E-state index is 0.629. The summed E-state index contributed by atoms with van der Waals surface area (Å²) < 4.78 is 1.85. The first kappa shape index (κ1) is 14.8. The van der Waals surface area contributed by atoms with Crippen molar-refractivity contribution in [1.82, 2.24) is 10.2 Å². The van der Waals surface area contributed by atoms with E-state index in [9.17, 15) is 0 Å². The van der Waals surface area contributed by atoms with Crippen LogP contribution < -0.4 is 5.32 Å². The molecule has 18 heavy (non-hydrogen) atoms. The summed E-state index contributed by atoms with van der Waals surface area (Å²) in [5, 5.41) is 3.53. The Morgan fingerprint density at radius 3 is 2.78 bits per heavy atom. The van der Waals surface area contributed by atoms with Gasteiger partial charge in [0.15, 0.2) is 0 Å². The highest BCUT2D eigenvalue weighted by molar-refractivity contribution is 9.10. The van der Waals surface area contributed by atoms with E-state index in [0.29, 0.717) is 6.04 Å². The van der Waals surface area contributed by atoms with Crippen molar-refractivity contribution in [2.75, 3.05) is 19.6 Å². The Morgan fingerprint density at radius 1 is 1.44 bits per heavy atom. The summed E-state index contributed by atoms with van der Waals surface area (Å²) in [6.45, 7) is 6.80. The zero-order chi connectivity index (χ0) is 13.0. The second kappa shape index (κ2) is 7.25. The van der Waals surface area contributed by atoms with E-state index < -0.39 is 0 Å². The number of thiophene rings is 1. The fraction of sp³-hybridized carbons (Fsp3) is 0.692. The average Bonchev–Trinajstić information content (AvgIpc) is 2.69. The van der Waals surface area contributed by atoms with Crippen LogP contribution in [-0.2, 0) is 6.54 Å². The molecule has 5 heteroatoms. The molecule has 0 radical (unpaired) electrons. The lowest BCUT2D eigenvalue weighted by atomic mass is 10.1. The lowest BCUT2D eigenvalue weighted by molar-refractivity contribution is 0.171. The molecular weight excluding hydrogens is 332 g/mol. The van der Waals surface area contributed by atoms with Gasteiger partial charge in [0.2, 0.25) is 0 Å². The van der Waals surface area contributed by atoms with Gasteiger partial charge in [0.05, 0.1) is 0 Å². The molecule has 0 aromatic carbocycles. The lowest BCUT2D eigenvalue weighted by Crippen LogP contribution is -2.42. The molecule has 0 spiro atoms. The van der Waals surface area contributed by atoms with Crippen molar-refractivity contribution in [3.05, 3.63) is 19.8 Å². The number of hydrogen-bond donors (Lipinski definition) is 1. The third-order valence-corrected chi connectivity index (χ3v) is 5.92. The van der Waals surface area contributed by atoms with Crippen LogP contribution in [0, 0.1) is 0 Å². The third kappa shape index (κ3) is 4.20. The number of likely N-dealkylation sites (tertiary alicyclic amines) is 1. The van der Waals surface area contributed by atoms with E-state index in [4.69, 9.17) is 11.6 Å². The Kier molecular flexibility index (Phi) is 5.96. The lowest BCUT2D eigenvalue weighted by Gasteiger charge is -2.32. The average molecular weight is 352 g/mol. The van der Waals surface area contributed by atoms with Gasteiger partial charge in [-0.1, -0.05) is 18.0 Å². The summed E-state index contributed by atoms with van der Waals surface area (Å²) >= 11 is 11.1. The molecule has 0 saturated carbocycles. The number of nitrogens with one attached hydrogen (secondary N) is 1. The van der Waals surface area contributed by atoms with Crippen LogP contribution in [0.2, 0.25) is 4.34 Å². The van der Waals surface area contributed by atoms with Crippen LogP contribution in [0.15, 0.2) is 10.5 Å². The van der Waals surface area contributed by atoms with Gasteiger partial charge in [-0.15, -0.1) is 11.3 Å². The van der Waals surface area contributed by atoms with E-state index in [1.807, 2.05) is 0 Å². The molecule has 0 aliphatic carbocycles. The highest BCUT2D eigenvalue weighted by atomic mass is 79.9. The normalized spacial score (nSPS) is 19.1. The molecule has 1 atom stereocenters. The maximum absolute atomic E-state index is 6.03. The molecule has 1 N–H and O–H groups in total. The number of halogens is 2.